The Morgan fingerprint density at radius 3 is 2.97 bits per heavy atom. The van der Waals surface area contributed by atoms with Gasteiger partial charge in [-0.15, -0.1) is 0 Å². The van der Waals surface area contributed by atoms with Crippen molar-refractivity contribution in [3.05, 3.63) is 47.2 Å². The molecule has 164 valence electrons. The first kappa shape index (κ1) is 20.9. The van der Waals surface area contributed by atoms with Crippen LogP contribution < -0.4 is 5.32 Å². The molecule has 10 heteroatoms. The minimum atomic E-state index is -0.776. The van der Waals surface area contributed by atoms with E-state index in [2.05, 4.69) is 10.3 Å². The lowest BCUT2D eigenvalue weighted by atomic mass is 10.1. The van der Waals surface area contributed by atoms with Crippen molar-refractivity contribution in [3.63, 3.8) is 0 Å². The van der Waals surface area contributed by atoms with Crippen LogP contribution in [0.5, 0.6) is 0 Å². The molecule has 4 heterocycles. The number of nitrogens with one attached hydrogen (secondary N) is 1. The SMILES string of the molecule is CNC(=O)c1coc(-c2nc3cc(C)ccn3c2C[C@H]2CN(C(=O)OC)CCO2)c1F. The van der Waals surface area contributed by atoms with Gasteiger partial charge in [0.1, 0.15) is 23.2 Å². The zero-order valence-corrected chi connectivity index (χ0v) is 17.5. The van der Waals surface area contributed by atoms with Crippen LogP contribution in [0.1, 0.15) is 21.6 Å². The number of aryl methyl sites for hydroxylation is 1. The van der Waals surface area contributed by atoms with Gasteiger partial charge in [0.05, 0.1) is 32.1 Å². The maximum atomic E-state index is 15.0. The van der Waals surface area contributed by atoms with Crippen LogP contribution in [0.15, 0.2) is 29.0 Å². The van der Waals surface area contributed by atoms with Crippen molar-refractivity contribution in [1.29, 1.82) is 0 Å². The van der Waals surface area contributed by atoms with E-state index in [4.69, 9.17) is 13.9 Å². The van der Waals surface area contributed by atoms with Gasteiger partial charge in [0, 0.05) is 26.2 Å². The molecule has 1 atom stereocenters. The molecular weight excluding hydrogens is 407 g/mol. The smallest absolute Gasteiger partial charge is 0.409 e. The first-order valence-corrected chi connectivity index (χ1v) is 9.84. The predicted octanol–water partition coefficient (Wildman–Crippen LogP) is 2.41. The molecule has 0 bridgehead atoms. The van der Waals surface area contributed by atoms with Crippen LogP contribution in [0.25, 0.3) is 17.1 Å². The average Bonchev–Trinajstić information content (AvgIpc) is 3.32. The molecule has 1 aliphatic rings. The summed E-state index contributed by atoms with van der Waals surface area (Å²) in [5.41, 5.74) is 2.36. The van der Waals surface area contributed by atoms with Crippen LogP contribution in [0.3, 0.4) is 0 Å². The Hall–Kier alpha value is -3.40. The Labute approximate surface area is 177 Å². The fourth-order valence-corrected chi connectivity index (χ4v) is 3.72. The monoisotopic (exact) mass is 430 g/mol. The number of imidazole rings is 1. The number of fused-ring (bicyclic) bond motifs is 1. The number of furan rings is 1. The van der Waals surface area contributed by atoms with Crippen LogP contribution in [-0.4, -0.2) is 66.2 Å². The number of carbonyl (C=O) groups excluding carboxylic acids is 2. The Balaban J connectivity index is 1.75. The van der Waals surface area contributed by atoms with E-state index in [0.717, 1.165) is 11.8 Å². The number of rotatable bonds is 4. The van der Waals surface area contributed by atoms with E-state index in [1.165, 1.54) is 14.2 Å². The third-order valence-corrected chi connectivity index (χ3v) is 5.29. The van der Waals surface area contributed by atoms with Gasteiger partial charge in [-0.25, -0.2) is 14.2 Å². The van der Waals surface area contributed by atoms with Gasteiger partial charge in [-0.1, -0.05) is 0 Å². The van der Waals surface area contributed by atoms with E-state index in [0.29, 0.717) is 37.5 Å². The van der Waals surface area contributed by atoms with Gasteiger partial charge in [0.15, 0.2) is 11.6 Å². The van der Waals surface area contributed by atoms with Crippen LogP contribution in [0.2, 0.25) is 0 Å². The van der Waals surface area contributed by atoms with Crippen molar-refractivity contribution in [1.82, 2.24) is 19.6 Å². The van der Waals surface area contributed by atoms with Crippen molar-refractivity contribution in [2.45, 2.75) is 19.4 Å². The summed E-state index contributed by atoms with van der Waals surface area (Å²) in [6.07, 6.45) is 2.51. The van der Waals surface area contributed by atoms with E-state index in [9.17, 15) is 9.59 Å². The number of halogens is 1. The number of morpholine rings is 1. The lowest BCUT2D eigenvalue weighted by Crippen LogP contribution is -2.46. The zero-order chi connectivity index (χ0) is 22.1. The molecule has 2 amide bonds. The Bertz CT molecular complexity index is 1140. The van der Waals surface area contributed by atoms with Crippen LogP contribution in [-0.2, 0) is 15.9 Å². The third-order valence-electron chi connectivity index (χ3n) is 5.29. The van der Waals surface area contributed by atoms with E-state index < -0.39 is 17.8 Å². The molecule has 3 aromatic heterocycles. The zero-order valence-electron chi connectivity index (χ0n) is 17.5. The molecule has 4 rings (SSSR count). The highest BCUT2D eigenvalue weighted by Gasteiger charge is 2.30. The molecule has 1 N–H and O–H groups in total. The highest BCUT2D eigenvalue weighted by atomic mass is 19.1. The standard InChI is InChI=1S/C21H23FN4O5/c1-12-4-5-26-15(9-13-10-25(6-7-30-13)21(28)29-3)18(24-16(26)8-12)19-17(22)14(11-31-19)20(27)23-2/h4-5,8,11,13H,6-7,9-10H2,1-3H3,(H,23,27)/t13-/m0/s1. The quantitative estimate of drug-likeness (QED) is 0.683. The average molecular weight is 430 g/mol. The molecular formula is C21H23FN4O5. The highest BCUT2D eigenvalue weighted by Crippen LogP contribution is 2.31. The first-order chi connectivity index (χ1) is 14.9. The van der Waals surface area contributed by atoms with Gasteiger partial charge < -0.3 is 28.5 Å². The molecule has 0 saturated carbocycles. The highest BCUT2D eigenvalue weighted by molar-refractivity contribution is 5.95. The normalized spacial score (nSPS) is 16.5. The number of nitrogens with zero attached hydrogens (tertiary/aromatic N) is 3. The number of aromatic nitrogens is 2. The van der Waals surface area contributed by atoms with Gasteiger partial charge in [0.2, 0.25) is 0 Å². The number of amides is 2. The topological polar surface area (TPSA) is 98.3 Å². The largest absolute Gasteiger partial charge is 0.459 e. The van der Waals surface area contributed by atoms with Gasteiger partial charge >= 0.3 is 6.09 Å². The summed E-state index contributed by atoms with van der Waals surface area (Å²) in [6, 6.07) is 3.79. The van der Waals surface area contributed by atoms with Gasteiger partial charge in [0.25, 0.3) is 5.91 Å². The summed E-state index contributed by atoms with van der Waals surface area (Å²) in [5.74, 6) is -1.48. The second kappa shape index (κ2) is 8.38. The number of pyridine rings is 1. The van der Waals surface area contributed by atoms with Crippen LogP contribution in [0.4, 0.5) is 9.18 Å². The van der Waals surface area contributed by atoms with Crippen molar-refractivity contribution >= 4 is 17.6 Å². The van der Waals surface area contributed by atoms with Gasteiger partial charge in [-0.3, -0.25) is 4.79 Å². The third kappa shape index (κ3) is 3.86. The van der Waals surface area contributed by atoms with E-state index in [1.54, 1.807) is 4.90 Å². The van der Waals surface area contributed by atoms with E-state index in [-0.39, 0.29) is 23.1 Å². The number of hydrogen-bond acceptors (Lipinski definition) is 6. The second-order valence-corrected chi connectivity index (χ2v) is 7.32. The molecule has 0 unspecified atom stereocenters. The fourth-order valence-electron chi connectivity index (χ4n) is 3.72. The molecule has 3 aromatic rings. The second-order valence-electron chi connectivity index (χ2n) is 7.32. The first-order valence-electron chi connectivity index (χ1n) is 9.84. The maximum Gasteiger partial charge on any atom is 0.409 e. The van der Waals surface area contributed by atoms with Crippen molar-refractivity contribution in [2.75, 3.05) is 33.9 Å². The molecule has 0 radical (unpaired) electrons. The summed E-state index contributed by atoms with van der Waals surface area (Å²) >= 11 is 0. The van der Waals surface area contributed by atoms with Crippen LogP contribution in [0, 0.1) is 12.7 Å². The molecule has 1 saturated heterocycles. The van der Waals surface area contributed by atoms with Gasteiger partial charge in [-0.2, -0.15) is 0 Å². The fraction of sp³-hybridized carbons (Fsp3) is 0.381. The summed E-state index contributed by atoms with van der Waals surface area (Å²) in [5, 5.41) is 2.39. The summed E-state index contributed by atoms with van der Waals surface area (Å²) in [7, 11) is 2.75. The van der Waals surface area contributed by atoms with Crippen molar-refractivity contribution in [2.24, 2.45) is 0 Å². The number of carbonyl (C=O) groups is 2. The Kier molecular flexibility index (Phi) is 5.64. The molecule has 0 aliphatic carbocycles. The molecule has 0 spiro atoms. The number of methoxy groups -OCH3 is 1. The van der Waals surface area contributed by atoms with Gasteiger partial charge in [-0.05, 0) is 24.6 Å². The summed E-state index contributed by atoms with van der Waals surface area (Å²) in [6.45, 7) is 3.06. The van der Waals surface area contributed by atoms with E-state index >= 15 is 4.39 Å². The lowest BCUT2D eigenvalue weighted by Gasteiger charge is -2.31. The molecule has 31 heavy (non-hydrogen) atoms. The minimum Gasteiger partial charge on any atom is -0.459 e. The lowest BCUT2D eigenvalue weighted by molar-refractivity contribution is -0.0241. The Morgan fingerprint density at radius 2 is 2.23 bits per heavy atom. The van der Waals surface area contributed by atoms with E-state index in [1.807, 2.05) is 29.7 Å². The van der Waals surface area contributed by atoms with Crippen molar-refractivity contribution in [3.8, 4) is 11.5 Å². The molecule has 1 aliphatic heterocycles. The Morgan fingerprint density at radius 1 is 1.42 bits per heavy atom. The minimum absolute atomic E-state index is 0.115. The number of ether oxygens (including phenoxy) is 2. The molecule has 9 nitrogen and oxygen atoms in total. The van der Waals surface area contributed by atoms with Crippen molar-refractivity contribution < 1.29 is 27.9 Å². The number of hydrogen-bond donors (Lipinski definition) is 1. The molecule has 0 aromatic carbocycles. The maximum absolute atomic E-state index is 15.0. The molecule has 1 fully saturated rings. The predicted molar refractivity (Wildman–Crippen MR) is 108 cm³/mol. The van der Waals surface area contributed by atoms with Crippen LogP contribution >= 0.6 is 0 Å². The summed E-state index contributed by atoms with van der Waals surface area (Å²) in [4.78, 5) is 30.0. The summed E-state index contributed by atoms with van der Waals surface area (Å²) < 4.78 is 33.0.